The highest BCUT2D eigenvalue weighted by atomic mass is 19.1. The number of aliphatic hydroxyl groups is 1. The van der Waals surface area contributed by atoms with Gasteiger partial charge >= 0.3 is 0 Å². The van der Waals surface area contributed by atoms with E-state index in [-0.39, 0.29) is 12.4 Å². The molecule has 1 aromatic carbocycles. The van der Waals surface area contributed by atoms with Crippen molar-refractivity contribution < 1.29 is 9.50 Å². The van der Waals surface area contributed by atoms with E-state index in [2.05, 4.69) is 44.4 Å². The first-order chi connectivity index (χ1) is 9.43. The molecule has 0 radical (unpaired) electrons. The predicted octanol–water partition coefficient (Wildman–Crippen LogP) is 3.04. The first-order valence-electron chi connectivity index (χ1n) is 7.06. The molecule has 20 heavy (non-hydrogen) atoms. The molecule has 1 rings (SSSR count). The summed E-state index contributed by atoms with van der Waals surface area (Å²) in [6.45, 7) is 10.2. The first kappa shape index (κ1) is 16.7. The van der Waals surface area contributed by atoms with E-state index in [0.29, 0.717) is 17.5 Å². The Kier molecular flexibility index (Phi) is 6.70. The summed E-state index contributed by atoms with van der Waals surface area (Å²) < 4.78 is 13.6. The zero-order chi connectivity index (χ0) is 15.1. The van der Waals surface area contributed by atoms with E-state index in [0.717, 1.165) is 18.7 Å². The van der Waals surface area contributed by atoms with Gasteiger partial charge < -0.3 is 5.11 Å². The van der Waals surface area contributed by atoms with Crippen LogP contribution in [0.3, 0.4) is 0 Å². The number of hydrogen-bond donors (Lipinski definition) is 1. The van der Waals surface area contributed by atoms with Crippen LogP contribution in [-0.4, -0.2) is 29.2 Å². The van der Waals surface area contributed by atoms with Gasteiger partial charge in [0.15, 0.2) is 0 Å². The molecule has 1 N–H and O–H groups in total. The Morgan fingerprint density at radius 3 is 2.50 bits per heavy atom. The molecule has 110 valence electrons. The van der Waals surface area contributed by atoms with Crippen molar-refractivity contribution in [2.45, 2.75) is 40.3 Å². The highest BCUT2D eigenvalue weighted by Crippen LogP contribution is 2.14. The second-order valence-electron chi connectivity index (χ2n) is 5.69. The van der Waals surface area contributed by atoms with Gasteiger partial charge in [-0.15, -0.1) is 0 Å². The van der Waals surface area contributed by atoms with Crippen LogP contribution in [-0.2, 0) is 6.54 Å². The molecule has 0 spiro atoms. The molecule has 0 saturated heterocycles. The van der Waals surface area contributed by atoms with Crippen LogP contribution in [0.1, 0.15) is 38.8 Å². The van der Waals surface area contributed by atoms with Crippen molar-refractivity contribution in [3.8, 4) is 11.8 Å². The standard InChI is InChI=1S/C17H24FNO/c1-13(2)11-19(14(3)4)12-15-7-8-17(18)16(10-15)6-5-9-20/h7-8,10,13-14,20H,9,11-12H2,1-4H3. The highest BCUT2D eigenvalue weighted by molar-refractivity contribution is 5.38. The first-order valence-corrected chi connectivity index (χ1v) is 7.06. The lowest BCUT2D eigenvalue weighted by Crippen LogP contribution is -2.33. The lowest BCUT2D eigenvalue weighted by molar-refractivity contribution is 0.189. The molecule has 0 aliphatic heterocycles. The van der Waals surface area contributed by atoms with Crippen molar-refractivity contribution in [3.05, 3.63) is 35.1 Å². The molecule has 0 unspecified atom stereocenters. The monoisotopic (exact) mass is 277 g/mol. The number of benzene rings is 1. The van der Waals surface area contributed by atoms with Gasteiger partial charge in [-0.1, -0.05) is 31.8 Å². The Labute approximate surface area is 121 Å². The summed E-state index contributed by atoms with van der Waals surface area (Å²) in [6.07, 6.45) is 0. The van der Waals surface area contributed by atoms with Crippen molar-refractivity contribution in [3.63, 3.8) is 0 Å². The van der Waals surface area contributed by atoms with Gasteiger partial charge in [-0.25, -0.2) is 4.39 Å². The van der Waals surface area contributed by atoms with Crippen molar-refractivity contribution in [2.24, 2.45) is 5.92 Å². The fourth-order valence-electron chi connectivity index (χ4n) is 2.06. The lowest BCUT2D eigenvalue weighted by atomic mass is 10.1. The van der Waals surface area contributed by atoms with E-state index in [9.17, 15) is 4.39 Å². The van der Waals surface area contributed by atoms with Crippen LogP contribution in [0.2, 0.25) is 0 Å². The average molecular weight is 277 g/mol. The van der Waals surface area contributed by atoms with Gasteiger partial charge in [-0.3, -0.25) is 4.90 Å². The van der Waals surface area contributed by atoms with E-state index in [4.69, 9.17) is 5.11 Å². The van der Waals surface area contributed by atoms with Gasteiger partial charge in [-0.2, -0.15) is 0 Å². The summed E-state index contributed by atoms with van der Waals surface area (Å²) in [6, 6.07) is 5.46. The second-order valence-corrected chi connectivity index (χ2v) is 5.69. The number of hydrogen-bond acceptors (Lipinski definition) is 2. The molecular formula is C17H24FNO. The maximum atomic E-state index is 13.6. The largest absolute Gasteiger partial charge is 0.384 e. The highest BCUT2D eigenvalue weighted by Gasteiger charge is 2.12. The van der Waals surface area contributed by atoms with Gasteiger partial charge in [0.25, 0.3) is 0 Å². The minimum Gasteiger partial charge on any atom is -0.384 e. The molecular weight excluding hydrogens is 253 g/mol. The number of nitrogens with zero attached hydrogens (tertiary/aromatic N) is 1. The van der Waals surface area contributed by atoms with Gasteiger partial charge in [0.2, 0.25) is 0 Å². The predicted molar refractivity (Wildman–Crippen MR) is 80.7 cm³/mol. The number of halogens is 1. The van der Waals surface area contributed by atoms with Gasteiger partial charge in [0.1, 0.15) is 12.4 Å². The van der Waals surface area contributed by atoms with Gasteiger partial charge in [0.05, 0.1) is 5.56 Å². The Hall–Kier alpha value is -1.37. The summed E-state index contributed by atoms with van der Waals surface area (Å²) in [5.74, 6) is 5.40. The fraction of sp³-hybridized carbons (Fsp3) is 0.529. The second kappa shape index (κ2) is 8.04. The topological polar surface area (TPSA) is 23.5 Å². The summed E-state index contributed by atoms with van der Waals surface area (Å²) in [4.78, 5) is 2.36. The van der Waals surface area contributed by atoms with Crippen molar-refractivity contribution in [1.82, 2.24) is 4.90 Å². The molecule has 0 bridgehead atoms. The minimum absolute atomic E-state index is 0.255. The summed E-state index contributed by atoms with van der Waals surface area (Å²) in [5.41, 5.74) is 1.40. The molecule has 0 aliphatic carbocycles. The lowest BCUT2D eigenvalue weighted by Gasteiger charge is -2.28. The Morgan fingerprint density at radius 2 is 1.95 bits per heavy atom. The van der Waals surface area contributed by atoms with E-state index in [1.807, 2.05) is 0 Å². The van der Waals surface area contributed by atoms with Crippen LogP contribution < -0.4 is 0 Å². The third-order valence-corrected chi connectivity index (χ3v) is 3.05. The zero-order valence-electron chi connectivity index (χ0n) is 12.8. The van der Waals surface area contributed by atoms with E-state index in [1.54, 1.807) is 12.1 Å². The van der Waals surface area contributed by atoms with Crippen LogP contribution in [0.5, 0.6) is 0 Å². The normalized spacial score (nSPS) is 11.1. The van der Waals surface area contributed by atoms with E-state index in [1.165, 1.54) is 6.07 Å². The van der Waals surface area contributed by atoms with Crippen LogP contribution >= 0.6 is 0 Å². The average Bonchev–Trinajstić information content (AvgIpc) is 2.37. The Bertz CT molecular complexity index is 485. The summed E-state index contributed by atoms with van der Waals surface area (Å²) >= 11 is 0. The Balaban J connectivity index is 2.90. The minimum atomic E-state index is -0.338. The van der Waals surface area contributed by atoms with Crippen molar-refractivity contribution in [2.75, 3.05) is 13.2 Å². The third-order valence-electron chi connectivity index (χ3n) is 3.05. The van der Waals surface area contributed by atoms with Crippen molar-refractivity contribution >= 4 is 0 Å². The number of rotatable bonds is 5. The van der Waals surface area contributed by atoms with Crippen LogP contribution in [0.25, 0.3) is 0 Å². The van der Waals surface area contributed by atoms with Gasteiger partial charge in [0, 0.05) is 19.1 Å². The maximum Gasteiger partial charge on any atom is 0.138 e. The molecule has 0 heterocycles. The zero-order valence-corrected chi connectivity index (χ0v) is 12.8. The molecule has 0 aliphatic rings. The SMILES string of the molecule is CC(C)CN(Cc1ccc(F)c(C#CCO)c1)C(C)C. The summed E-state index contributed by atoms with van der Waals surface area (Å²) in [5, 5.41) is 8.70. The van der Waals surface area contributed by atoms with E-state index < -0.39 is 0 Å². The third kappa shape index (κ3) is 5.32. The quantitative estimate of drug-likeness (QED) is 0.836. The van der Waals surface area contributed by atoms with Gasteiger partial charge in [-0.05, 0) is 37.5 Å². The van der Waals surface area contributed by atoms with Crippen LogP contribution in [0.15, 0.2) is 18.2 Å². The molecule has 0 fully saturated rings. The van der Waals surface area contributed by atoms with Crippen molar-refractivity contribution in [1.29, 1.82) is 0 Å². The smallest absolute Gasteiger partial charge is 0.138 e. The molecule has 1 aromatic rings. The van der Waals surface area contributed by atoms with Crippen LogP contribution in [0.4, 0.5) is 4.39 Å². The molecule has 0 aromatic heterocycles. The molecule has 0 atom stereocenters. The summed E-state index contributed by atoms with van der Waals surface area (Å²) in [7, 11) is 0. The van der Waals surface area contributed by atoms with E-state index >= 15 is 0 Å². The molecule has 0 amide bonds. The van der Waals surface area contributed by atoms with Crippen LogP contribution in [0, 0.1) is 23.6 Å². The Morgan fingerprint density at radius 1 is 1.25 bits per heavy atom. The molecule has 0 saturated carbocycles. The molecule has 3 heteroatoms. The fourth-order valence-corrected chi connectivity index (χ4v) is 2.06. The maximum absolute atomic E-state index is 13.6. The number of aliphatic hydroxyl groups excluding tert-OH is 1. The molecule has 2 nitrogen and oxygen atoms in total.